The average Bonchev–Trinajstić information content (AvgIpc) is 2.03. The van der Waals surface area contributed by atoms with E-state index in [1.165, 1.54) is 0 Å². The summed E-state index contributed by atoms with van der Waals surface area (Å²) in [4.78, 5) is 11.0. The highest BCUT2D eigenvalue weighted by Crippen LogP contribution is 2.09. The predicted molar refractivity (Wildman–Crippen MR) is 43.7 cm³/mol. The molecule has 0 aliphatic carbocycles. The van der Waals surface area contributed by atoms with E-state index >= 15 is 0 Å². The Bertz CT molecular complexity index is 273. The Morgan fingerprint density at radius 1 is 1.73 bits per heavy atom. The first-order valence-electron chi connectivity index (χ1n) is 3.13. The molecular weight excluding hydrogens is 162 g/mol. The lowest BCUT2D eigenvalue weighted by atomic mass is 10.2. The molecule has 1 aromatic carbocycles. The number of benzene rings is 1. The minimum absolute atomic E-state index is 0.174. The standard InChI is InChI=1S/C8H7ClNO/c1-10-8(11)6-3-2-4-7(9)5-6/h2,4-5H,1H3,(H,10,11). The largest absolute Gasteiger partial charge is 0.355 e. The van der Waals surface area contributed by atoms with Gasteiger partial charge < -0.3 is 5.32 Å². The van der Waals surface area contributed by atoms with Crippen molar-refractivity contribution in [2.24, 2.45) is 0 Å². The van der Waals surface area contributed by atoms with Crippen molar-refractivity contribution in [1.29, 1.82) is 0 Å². The molecule has 0 saturated carbocycles. The van der Waals surface area contributed by atoms with Crippen LogP contribution >= 0.6 is 11.6 Å². The monoisotopic (exact) mass is 168 g/mol. The van der Waals surface area contributed by atoms with E-state index in [0.29, 0.717) is 10.6 Å². The third-order valence-electron chi connectivity index (χ3n) is 1.24. The number of halogens is 1. The molecule has 1 rings (SSSR count). The van der Waals surface area contributed by atoms with Crippen LogP contribution in [0.3, 0.4) is 0 Å². The van der Waals surface area contributed by atoms with Crippen LogP contribution in [0.25, 0.3) is 0 Å². The first kappa shape index (κ1) is 8.08. The molecule has 0 bridgehead atoms. The summed E-state index contributed by atoms with van der Waals surface area (Å²) in [5.74, 6) is -0.174. The van der Waals surface area contributed by atoms with Crippen molar-refractivity contribution in [3.05, 3.63) is 34.9 Å². The second-order valence-electron chi connectivity index (χ2n) is 2.00. The summed E-state index contributed by atoms with van der Waals surface area (Å²) in [6.07, 6.45) is 0. The van der Waals surface area contributed by atoms with Crippen LogP contribution in [0.1, 0.15) is 10.4 Å². The van der Waals surface area contributed by atoms with Crippen LogP contribution in [0.15, 0.2) is 18.2 Å². The molecular formula is C8H7ClNO. The quantitative estimate of drug-likeness (QED) is 0.677. The van der Waals surface area contributed by atoms with Crippen molar-refractivity contribution in [3.63, 3.8) is 0 Å². The van der Waals surface area contributed by atoms with E-state index in [0.717, 1.165) is 0 Å². The van der Waals surface area contributed by atoms with Crippen LogP contribution in [-0.2, 0) is 0 Å². The summed E-state index contributed by atoms with van der Waals surface area (Å²) in [6.45, 7) is 0. The summed E-state index contributed by atoms with van der Waals surface area (Å²) in [7, 11) is 1.57. The lowest BCUT2D eigenvalue weighted by Gasteiger charge is -1.97. The lowest BCUT2D eigenvalue weighted by molar-refractivity contribution is 0.0963. The zero-order chi connectivity index (χ0) is 8.27. The van der Waals surface area contributed by atoms with Crippen LogP contribution in [0.5, 0.6) is 0 Å². The van der Waals surface area contributed by atoms with Crippen molar-refractivity contribution in [2.75, 3.05) is 7.05 Å². The van der Waals surface area contributed by atoms with Gasteiger partial charge in [0.05, 0.1) is 0 Å². The van der Waals surface area contributed by atoms with Gasteiger partial charge in [0.25, 0.3) is 5.91 Å². The van der Waals surface area contributed by atoms with Gasteiger partial charge >= 0.3 is 0 Å². The Labute approximate surface area is 70.2 Å². The molecule has 1 radical (unpaired) electrons. The van der Waals surface area contributed by atoms with E-state index in [2.05, 4.69) is 11.4 Å². The maximum atomic E-state index is 11.0. The summed E-state index contributed by atoms with van der Waals surface area (Å²) in [6, 6.07) is 7.63. The fraction of sp³-hybridized carbons (Fsp3) is 0.125. The zero-order valence-electron chi connectivity index (χ0n) is 6.02. The first-order valence-corrected chi connectivity index (χ1v) is 3.51. The fourth-order valence-corrected chi connectivity index (χ4v) is 0.877. The van der Waals surface area contributed by atoms with Gasteiger partial charge in [0.15, 0.2) is 0 Å². The van der Waals surface area contributed by atoms with Crippen LogP contribution in [-0.4, -0.2) is 13.0 Å². The summed E-state index contributed by atoms with van der Waals surface area (Å²) >= 11 is 5.65. The van der Waals surface area contributed by atoms with Crippen LogP contribution in [0.2, 0.25) is 5.02 Å². The number of hydrogen-bond acceptors (Lipinski definition) is 1. The topological polar surface area (TPSA) is 29.1 Å². The van der Waals surface area contributed by atoms with Gasteiger partial charge in [-0.25, -0.2) is 0 Å². The van der Waals surface area contributed by atoms with Gasteiger partial charge in [-0.05, 0) is 18.2 Å². The van der Waals surface area contributed by atoms with E-state index in [1.54, 1.807) is 25.2 Å². The van der Waals surface area contributed by atoms with Crippen molar-refractivity contribution < 1.29 is 4.79 Å². The number of amides is 1. The first-order chi connectivity index (χ1) is 5.24. The van der Waals surface area contributed by atoms with Crippen molar-refractivity contribution in [2.45, 2.75) is 0 Å². The van der Waals surface area contributed by atoms with Crippen molar-refractivity contribution in [1.82, 2.24) is 5.32 Å². The summed E-state index contributed by atoms with van der Waals surface area (Å²) in [5.41, 5.74) is 0.458. The molecule has 0 heterocycles. The maximum absolute atomic E-state index is 11.0. The van der Waals surface area contributed by atoms with Crippen LogP contribution in [0, 0.1) is 6.07 Å². The molecule has 0 aliphatic rings. The zero-order valence-corrected chi connectivity index (χ0v) is 6.77. The molecule has 0 atom stereocenters. The Kier molecular flexibility index (Phi) is 2.49. The number of carbonyl (C=O) groups is 1. The molecule has 0 fully saturated rings. The van der Waals surface area contributed by atoms with Crippen LogP contribution in [0.4, 0.5) is 0 Å². The highest BCUT2D eigenvalue weighted by Gasteiger charge is 2.01. The number of rotatable bonds is 1. The molecule has 0 saturated heterocycles. The molecule has 2 nitrogen and oxygen atoms in total. The normalized spacial score (nSPS) is 9.27. The third-order valence-corrected chi connectivity index (χ3v) is 1.47. The summed E-state index contributed by atoms with van der Waals surface area (Å²) in [5, 5.41) is 3.02. The van der Waals surface area contributed by atoms with Gasteiger partial charge in [-0.1, -0.05) is 17.7 Å². The molecule has 1 amide bonds. The summed E-state index contributed by atoms with van der Waals surface area (Å²) < 4.78 is 0. The molecule has 0 unspecified atom stereocenters. The van der Waals surface area contributed by atoms with Gasteiger partial charge in [0.2, 0.25) is 0 Å². The molecule has 1 N–H and O–H groups in total. The lowest BCUT2D eigenvalue weighted by Crippen LogP contribution is -2.17. The maximum Gasteiger partial charge on any atom is 0.251 e. The molecule has 0 spiro atoms. The minimum atomic E-state index is -0.174. The highest BCUT2D eigenvalue weighted by atomic mass is 35.5. The number of hydrogen-bond donors (Lipinski definition) is 1. The smallest absolute Gasteiger partial charge is 0.251 e. The Morgan fingerprint density at radius 2 is 2.45 bits per heavy atom. The second kappa shape index (κ2) is 3.39. The van der Waals surface area contributed by atoms with E-state index < -0.39 is 0 Å². The number of carbonyl (C=O) groups excluding carboxylic acids is 1. The van der Waals surface area contributed by atoms with E-state index in [1.807, 2.05) is 0 Å². The third kappa shape index (κ3) is 1.95. The second-order valence-corrected chi connectivity index (χ2v) is 2.44. The predicted octanol–water partition coefficient (Wildman–Crippen LogP) is 1.50. The van der Waals surface area contributed by atoms with Crippen molar-refractivity contribution >= 4 is 17.5 Å². The molecule has 11 heavy (non-hydrogen) atoms. The average molecular weight is 169 g/mol. The molecule has 1 aromatic rings. The van der Waals surface area contributed by atoms with E-state index in [9.17, 15) is 4.79 Å². The van der Waals surface area contributed by atoms with E-state index in [4.69, 9.17) is 11.6 Å². The molecule has 3 heteroatoms. The van der Waals surface area contributed by atoms with Crippen molar-refractivity contribution in [3.8, 4) is 0 Å². The Morgan fingerprint density at radius 3 is 3.00 bits per heavy atom. The highest BCUT2D eigenvalue weighted by molar-refractivity contribution is 6.30. The fourth-order valence-electron chi connectivity index (χ4n) is 0.704. The van der Waals surface area contributed by atoms with Crippen LogP contribution < -0.4 is 5.32 Å². The Balaban J connectivity index is 2.96. The molecule has 57 valence electrons. The SMILES string of the molecule is CNC(=O)c1[c]ccc(Cl)c1. The van der Waals surface area contributed by atoms with Gasteiger partial charge in [-0.15, -0.1) is 0 Å². The molecule has 0 aromatic heterocycles. The Hall–Kier alpha value is -1.02. The minimum Gasteiger partial charge on any atom is -0.355 e. The van der Waals surface area contributed by atoms with Gasteiger partial charge in [-0.2, -0.15) is 0 Å². The molecule has 0 aliphatic heterocycles. The van der Waals surface area contributed by atoms with Gasteiger partial charge in [0.1, 0.15) is 0 Å². The van der Waals surface area contributed by atoms with Gasteiger partial charge in [-0.3, -0.25) is 4.79 Å². The number of nitrogens with one attached hydrogen (secondary N) is 1. The van der Waals surface area contributed by atoms with Gasteiger partial charge in [0, 0.05) is 17.6 Å². The van der Waals surface area contributed by atoms with E-state index in [-0.39, 0.29) is 5.91 Å².